The molecular formula is C17H24N2O2. The molecule has 0 radical (unpaired) electrons. The Morgan fingerprint density at radius 1 is 1.14 bits per heavy atom. The summed E-state index contributed by atoms with van der Waals surface area (Å²) in [6.07, 6.45) is 6.54. The second kappa shape index (κ2) is 6.48. The Morgan fingerprint density at radius 3 is 2.57 bits per heavy atom. The number of aliphatic hydroxyl groups excluding tert-OH is 1. The van der Waals surface area contributed by atoms with E-state index in [4.69, 9.17) is 0 Å². The molecule has 0 unspecified atom stereocenters. The molecule has 2 atom stereocenters. The highest BCUT2D eigenvalue weighted by Crippen LogP contribution is 2.34. The number of anilines is 1. The fraction of sp³-hybridized carbons (Fsp3) is 0.588. The lowest BCUT2D eigenvalue weighted by Gasteiger charge is -2.33. The van der Waals surface area contributed by atoms with Crippen molar-refractivity contribution in [1.29, 1.82) is 0 Å². The van der Waals surface area contributed by atoms with Gasteiger partial charge in [0.25, 0.3) is 0 Å². The molecule has 1 saturated heterocycles. The third-order valence-corrected chi connectivity index (χ3v) is 4.80. The summed E-state index contributed by atoms with van der Waals surface area (Å²) >= 11 is 0. The second-order valence-electron chi connectivity index (χ2n) is 6.30. The highest BCUT2D eigenvalue weighted by molar-refractivity contribution is 5.89. The van der Waals surface area contributed by atoms with Crippen molar-refractivity contribution in [3.8, 4) is 0 Å². The first-order chi connectivity index (χ1) is 10.2. The summed E-state index contributed by atoms with van der Waals surface area (Å²) in [4.78, 5) is 14.4. The summed E-state index contributed by atoms with van der Waals surface area (Å²) in [5.74, 6) is 0.553. The maximum atomic E-state index is 12.5. The number of hydrogen-bond acceptors (Lipinski definition) is 2. The van der Waals surface area contributed by atoms with Gasteiger partial charge in [-0.25, -0.2) is 4.79 Å². The van der Waals surface area contributed by atoms with Crippen molar-refractivity contribution >= 4 is 11.7 Å². The van der Waals surface area contributed by atoms with Gasteiger partial charge < -0.3 is 15.3 Å². The molecule has 0 spiro atoms. The van der Waals surface area contributed by atoms with Gasteiger partial charge in [0.2, 0.25) is 0 Å². The Bertz CT molecular complexity index is 471. The number of rotatable bonds is 2. The first kappa shape index (κ1) is 14.4. The Hall–Kier alpha value is -1.55. The summed E-state index contributed by atoms with van der Waals surface area (Å²) in [5, 5.41) is 12.9. The van der Waals surface area contributed by atoms with E-state index in [9.17, 15) is 9.90 Å². The van der Waals surface area contributed by atoms with E-state index in [0.29, 0.717) is 12.5 Å². The third-order valence-electron chi connectivity index (χ3n) is 4.80. The molecule has 1 saturated carbocycles. The number of amides is 2. The van der Waals surface area contributed by atoms with Crippen molar-refractivity contribution in [1.82, 2.24) is 4.90 Å². The lowest BCUT2D eigenvalue weighted by atomic mass is 9.83. The molecule has 2 aliphatic rings. The Balaban J connectivity index is 1.67. The van der Waals surface area contributed by atoms with Gasteiger partial charge in [-0.05, 0) is 37.3 Å². The van der Waals surface area contributed by atoms with Crippen LogP contribution in [0.2, 0.25) is 0 Å². The summed E-state index contributed by atoms with van der Waals surface area (Å²) in [5.41, 5.74) is 0.811. The molecule has 4 nitrogen and oxygen atoms in total. The minimum atomic E-state index is -0.376. The smallest absolute Gasteiger partial charge is 0.322 e. The van der Waals surface area contributed by atoms with E-state index >= 15 is 0 Å². The van der Waals surface area contributed by atoms with Crippen LogP contribution in [0.3, 0.4) is 0 Å². The van der Waals surface area contributed by atoms with Crippen LogP contribution in [-0.2, 0) is 0 Å². The maximum Gasteiger partial charge on any atom is 0.322 e. The van der Waals surface area contributed by atoms with Crippen LogP contribution in [0.4, 0.5) is 10.5 Å². The number of β-amino-alcohol motifs (C(OH)–C–C–N with tert-alkyl or cyclic N) is 1. The molecule has 2 fully saturated rings. The van der Waals surface area contributed by atoms with Crippen LogP contribution in [0, 0.1) is 5.92 Å². The van der Waals surface area contributed by atoms with E-state index in [0.717, 1.165) is 12.1 Å². The van der Waals surface area contributed by atoms with Crippen LogP contribution in [-0.4, -0.2) is 34.7 Å². The average molecular weight is 288 g/mol. The van der Waals surface area contributed by atoms with E-state index in [1.807, 2.05) is 35.2 Å². The Labute approximate surface area is 126 Å². The van der Waals surface area contributed by atoms with E-state index in [1.165, 1.54) is 32.1 Å². The SMILES string of the molecule is O=C(Nc1ccccc1)N1C[C@H](O)C[C@H]1C1CCCCC1. The highest BCUT2D eigenvalue weighted by atomic mass is 16.3. The first-order valence-corrected chi connectivity index (χ1v) is 8.05. The van der Waals surface area contributed by atoms with Gasteiger partial charge in [0.05, 0.1) is 6.10 Å². The standard InChI is InChI=1S/C17H24N2O2/c20-15-11-16(13-7-3-1-4-8-13)19(12-15)17(21)18-14-9-5-2-6-10-14/h2,5-6,9-10,13,15-16,20H,1,3-4,7-8,11-12H2,(H,18,21)/t15-,16+/m1/s1. The topological polar surface area (TPSA) is 52.6 Å². The molecule has 1 aliphatic heterocycles. The van der Waals surface area contributed by atoms with Crippen molar-refractivity contribution in [2.45, 2.75) is 50.7 Å². The van der Waals surface area contributed by atoms with Gasteiger partial charge in [-0.15, -0.1) is 0 Å². The molecule has 3 rings (SSSR count). The lowest BCUT2D eigenvalue weighted by molar-refractivity contribution is 0.164. The number of likely N-dealkylation sites (tertiary alicyclic amines) is 1. The number of carbonyl (C=O) groups excluding carboxylic acids is 1. The normalized spacial score (nSPS) is 26.8. The predicted octanol–water partition coefficient (Wildman–Crippen LogP) is 3.23. The van der Waals surface area contributed by atoms with Crippen LogP contribution in [0.15, 0.2) is 30.3 Å². The minimum absolute atomic E-state index is 0.0756. The summed E-state index contributed by atoms with van der Waals surface area (Å²) in [6, 6.07) is 9.65. The molecule has 1 heterocycles. The van der Waals surface area contributed by atoms with Crippen molar-refractivity contribution < 1.29 is 9.90 Å². The lowest BCUT2D eigenvalue weighted by Crippen LogP contribution is -2.43. The van der Waals surface area contributed by atoms with Gasteiger partial charge in [-0.3, -0.25) is 0 Å². The van der Waals surface area contributed by atoms with Crippen molar-refractivity contribution in [2.75, 3.05) is 11.9 Å². The van der Waals surface area contributed by atoms with Crippen LogP contribution >= 0.6 is 0 Å². The maximum absolute atomic E-state index is 12.5. The first-order valence-electron chi connectivity index (χ1n) is 8.05. The number of nitrogens with zero attached hydrogens (tertiary/aromatic N) is 1. The van der Waals surface area contributed by atoms with Crippen molar-refractivity contribution in [3.63, 3.8) is 0 Å². The molecule has 21 heavy (non-hydrogen) atoms. The largest absolute Gasteiger partial charge is 0.391 e. The van der Waals surface area contributed by atoms with Crippen LogP contribution in [0.25, 0.3) is 0 Å². The molecular weight excluding hydrogens is 264 g/mol. The molecule has 2 N–H and O–H groups in total. The van der Waals surface area contributed by atoms with Crippen LogP contribution < -0.4 is 5.32 Å². The molecule has 114 valence electrons. The van der Waals surface area contributed by atoms with Crippen molar-refractivity contribution in [2.24, 2.45) is 5.92 Å². The summed E-state index contributed by atoms with van der Waals surface area (Å²) in [6.45, 7) is 0.458. The zero-order valence-corrected chi connectivity index (χ0v) is 12.4. The molecule has 4 heteroatoms. The van der Waals surface area contributed by atoms with E-state index in [1.54, 1.807) is 0 Å². The zero-order chi connectivity index (χ0) is 14.7. The van der Waals surface area contributed by atoms with Gasteiger partial charge in [-0.1, -0.05) is 37.5 Å². The Morgan fingerprint density at radius 2 is 1.86 bits per heavy atom. The van der Waals surface area contributed by atoms with Crippen LogP contribution in [0.5, 0.6) is 0 Å². The number of benzene rings is 1. The zero-order valence-electron chi connectivity index (χ0n) is 12.4. The van der Waals surface area contributed by atoms with E-state index < -0.39 is 0 Å². The molecule has 0 bridgehead atoms. The fourth-order valence-corrected chi connectivity index (χ4v) is 3.76. The molecule has 0 aromatic heterocycles. The molecule has 1 aliphatic carbocycles. The molecule has 1 aromatic carbocycles. The molecule has 2 amide bonds. The fourth-order valence-electron chi connectivity index (χ4n) is 3.76. The Kier molecular flexibility index (Phi) is 4.44. The number of carbonyl (C=O) groups is 1. The quantitative estimate of drug-likeness (QED) is 0.878. The van der Waals surface area contributed by atoms with Crippen LogP contribution in [0.1, 0.15) is 38.5 Å². The van der Waals surface area contributed by atoms with Gasteiger partial charge in [0, 0.05) is 18.3 Å². The third kappa shape index (κ3) is 3.38. The number of urea groups is 1. The van der Waals surface area contributed by atoms with Gasteiger partial charge >= 0.3 is 6.03 Å². The van der Waals surface area contributed by atoms with Gasteiger partial charge in [-0.2, -0.15) is 0 Å². The van der Waals surface area contributed by atoms with E-state index in [-0.39, 0.29) is 18.2 Å². The van der Waals surface area contributed by atoms with E-state index in [2.05, 4.69) is 5.32 Å². The van der Waals surface area contributed by atoms with Crippen molar-refractivity contribution in [3.05, 3.63) is 30.3 Å². The molecule has 1 aromatic rings. The number of nitrogens with one attached hydrogen (secondary N) is 1. The highest BCUT2D eigenvalue weighted by Gasteiger charge is 2.39. The monoisotopic (exact) mass is 288 g/mol. The number of hydrogen-bond donors (Lipinski definition) is 2. The van der Waals surface area contributed by atoms with Gasteiger partial charge in [0.1, 0.15) is 0 Å². The second-order valence-corrected chi connectivity index (χ2v) is 6.30. The number of aliphatic hydroxyl groups is 1. The summed E-state index contributed by atoms with van der Waals surface area (Å²) in [7, 11) is 0. The average Bonchev–Trinajstić information content (AvgIpc) is 2.91. The predicted molar refractivity (Wildman–Crippen MR) is 83.2 cm³/mol. The summed E-state index contributed by atoms with van der Waals surface area (Å²) < 4.78 is 0. The minimum Gasteiger partial charge on any atom is -0.391 e. The van der Waals surface area contributed by atoms with Gasteiger partial charge in [0.15, 0.2) is 0 Å². The number of para-hydroxylation sites is 1.